The van der Waals surface area contributed by atoms with Crippen LogP contribution in [0, 0.1) is 5.82 Å². The van der Waals surface area contributed by atoms with Gasteiger partial charge in [-0.25, -0.2) is 14.4 Å². The zero-order chi connectivity index (χ0) is 27.4. The molecule has 0 fully saturated rings. The Bertz CT molecular complexity index is 1510. The van der Waals surface area contributed by atoms with Gasteiger partial charge >= 0.3 is 0 Å². The maximum atomic E-state index is 14.0. The molecule has 1 amide bonds. The number of carbonyl (C=O) groups excluding carboxylic acids is 2. The summed E-state index contributed by atoms with van der Waals surface area (Å²) in [6.45, 7) is 4.99. The molecule has 0 unspecified atom stereocenters. The van der Waals surface area contributed by atoms with Crippen LogP contribution in [-0.2, 0) is 11.8 Å². The molecule has 38 heavy (non-hydrogen) atoms. The summed E-state index contributed by atoms with van der Waals surface area (Å²) in [5, 5.41) is 6.74. The van der Waals surface area contributed by atoms with E-state index in [1.54, 1.807) is 24.3 Å². The van der Waals surface area contributed by atoms with Crippen molar-refractivity contribution >= 4 is 46.0 Å². The third kappa shape index (κ3) is 5.70. The van der Waals surface area contributed by atoms with E-state index in [1.165, 1.54) is 24.5 Å². The van der Waals surface area contributed by atoms with Crippen molar-refractivity contribution in [1.29, 1.82) is 0 Å². The second-order valence-electron chi connectivity index (χ2n) is 9.22. The minimum Gasteiger partial charge on any atom is -0.372 e. The normalized spacial score (nSPS) is 11.0. The summed E-state index contributed by atoms with van der Waals surface area (Å²) in [4.78, 5) is 37.0. The van der Waals surface area contributed by atoms with E-state index in [9.17, 15) is 14.0 Å². The topological polar surface area (TPSA) is 95.4 Å². The molecule has 0 spiro atoms. The minimum absolute atomic E-state index is 0.335. The maximum Gasteiger partial charge on any atom is 0.247 e. The number of nitrogens with one attached hydrogen (secondary N) is 2. The van der Waals surface area contributed by atoms with E-state index in [0.717, 1.165) is 29.3 Å². The van der Waals surface area contributed by atoms with Crippen LogP contribution in [0.15, 0.2) is 61.6 Å². The number of nitrogens with zero attached hydrogens (tertiary/aromatic N) is 5. The van der Waals surface area contributed by atoms with Gasteiger partial charge in [-0.3, -0.25) is 9.59 Å². The first-order chi connectivity index (χ1) is 18.2. The highest BCUT2D eigenvalue weighted by Gasteiger charge is 2.17. The molecule has 2 aromatic heterocycles. The van der Waals surface area contributed by atoms with Crippen molar-refractivity contribution in [2.24, 2.45) is 7.05 Å². The van der Waals surface area contributed by atoms with Crippen LogP contribution in [0.4, 0.5) is 27.3 Å². The number of aryl methyl sites for hydroxylation is 1. The van der Waals surface area contributed by atoms with E-state index in [0.29, 0.717) is 40.7 Å². The first kappa shape index (κ1) is 26.5. The Morgan fingerprint density at radius 2 is 1.89 bits per heavy atom. The third-order valence-corrected chi connectivity index (χ3v) is 6.19. The van der Waals surface area contributed by atoms with Gasteiger partial charge in [-0.2, -0.15) is 0 Å². The number of halogens is 1. The van der Waals surface area contributed by atoms with Crippen LogP contribution in [0.5, 0.6) is 0 Å². The Kier molecular flexibility index (Phi) is 7.82. The molecule has 196 valence electrons. The molecule has 4 rings (SSSR count). The predicted octanol–water partition coefficient (Wildman–Crippen LogP) is 4.45. The van der Waals surface area contributed by atoms with Crippen LogP contribution in [-0.4, -0.2) is 65.9 Å². The van der Waals surface area contributed by atoms with Crippen LogP contribution >= 0.6 is 0 Å². The first-order valence-corrected chi connectivity index (χ1v) is 12.0. The van der Waals surface area contributed by atoms with E-state index in [1.807, 2.05) is 48.8 Å². The van der Waals surface area contributed by atoms with E-state index in [-0.39, 0.29) is 11.7 Å². The molecule has 0 saturated heterocycles. The fourth-order valence-electron chi connectivity index (χ4n) is 4.16. The maximum absolute atomic E-state index is 14.0. The Labute approximate surface area is 220 Å². The van der Waals surface area contributed by atoms with Gasteiger partial charge in [-0.1, -0.05) is 6.58 Å². The van der Waals surface area contributed by atoms with Gasteiger partial charge in [-0.05, 0) is 50.5 Å². The van der Waals surface area contributed by atoms with Gasteiger partial charge in [0.15, 0.2) is 6.29 Å². The zero-order valence-electron chi connectivity index (χ0n) is 21.8. The molecule has 0 bridgehead atoms. The first-order valence-electron chi connectivity index (χ1n) is 12.0. The Morgan fingerprint density at radius 1 is 1.11 bits per heavy atom. The van der Waals surface area contributed by atoms with Gasteiger partial charge in [0.25, 0.3) is 0 Å². The third-order valence-electron chi connectivity index (χ3n) is 6.19. The molecular weight excluding hydrogens is 485 g/mol. The molecule has 0 saturated carbocycles. The molecule has 0 atom stereocenters. The standard InChI is InChI=1S/C28H30FN7O2/c1-6-28(38)33-24-13-22(18(16-37)11-26(24)35(4)10-9-34(2)3)32-27-14-23(30-17-31-27)21-15-36(5)25-8-7-19(29)12-20(21)25/h6-8,11-17H,1,9-10H2,2-5H3,(H,33,38)(H,30,31,32). The number of aromatic nitrogens is 3. The monoisotopic (exact) mass is 515 g/mol. The lowest BCUT2D eigenvalue weighted by Gasteiger charge is -2.25. The molecule has 0 aliphatic carbocycles. The van der Waals surface area contributed by atoms with Crippen LogP contribution in [0.1, 0.15) is 10.4 Å². The quantitative estimate of drug-likeness (QED) is 0.238. The number of hydrogen-bond donors (Lipinski definition) is 2. The van der Waals surface area contributed by atoms with E-state index in [2.05, 4.69) is 27.2 Å². The fourth-order valence-corrected chi connectivity index (χ4v) is 4.16. The molecule has 2 aromatic carbocycles. The SMILES string of the molecule is C=CC(=O)Nc1cc(Nc2cc(-c3cn(C)c4ccc(F)cc34)ncn2)c(C=O)cc1N(C)CCN(C)C. The Hall–Kier alpha value is -4.57. The van der Waals surface area contributed by atoms with Crippen molar-refractivity contribution in [3.05, 3.63) is 73.0 Å². The second-order valence-corrected chi connectivity index (χ2v) is 9.22. The number of aldehydes is 1. The van der Waals surface area contributed by atoms with Gasteiger partial charge in [0.05, 0.1) is 22.8 Å². The number of amides is 1. The number of fused-ring (bicyclic) bond motifs is 1. The average Bonchev–Trinajstić information content (AvgIpc) is 3.22. The summed E-state index contributed by atoms with van der Waals surface area (Å²) < 4.78 is 15.9. The summed E-state index contributed by atoms with van der Waals surface area (Å²) in [7, 11) is 7.73. The van der Waals surface area contributed by atoms with Gasteiger partial charge in [-0.15, -0.1) is 0 Å². The van der Waals surface area contributed by atoms with Crippen LogP contribution in [0.3, 0.4) is 0 Å². The summed E-state index contributed by atoms with van der Waals surface area (Å²) in [6, 6.07) is 9.77. The number of benzene rings is 2. The van der Waals surface area contributed by atoms with E-state index in [4.69, 9.17) is 0 Å². The fraction of sp³-hybridized carbons (Fsp3) is 0.214. The van der Waals surface area contributed by atoms with Gasteiger partial charge < -0.3 is 25.0 Å². The van der Waals surface area contributed by atoms with Crippen LogP contribution in [0.2, 0.25) is 0 Å². The number of likely N-dealkylation sites (N-methyl/N-ethyl adjacent to an activating group) is 2. The number of carbonyl (C=O) groups is 2. The lowest BCUT2D eigenvalue weighted by molar-refractivity contribution is -0.111. The summed E-state index contributed by atoms with van der Waals surface area (Å²) in [5.41, 5.74) is 4.26. The Balaban J connectivity index is 1.72. The van der Waals surface area contributed by atoms with Crippen LogP contribution < -0.4 is 15.5 Å². The summed E-state index contributed by atoms with van der Waals surface area (Å²) in [6.07, 6.45) is 5.23. The summed E-state index contributed by atoms with van der Waals surface area (Å²) in [5.74, 6) is -0.275. The van der Waals surface area contributed by atoms with Crippen molar-refractivity contribution in [1.82, 2.24) is 19.4 Å². The van der Waals surface area contributed by atoms with Crippen molar-refractivity contribution < 1.29 is 14.0 Å². The van der Waals surface area contributed by atoms with Gasteiger partial charge in [0, 0.05) is 61.5 Å². The van der Waals surface area contributed by atoms with Gasteiger partial charge in [0.1, 0.15) is 18.0 Å². The Morgan fingerprint density at radius 3 is 2.61 bits per heavy atom. The highest BCUT2D eigenvalue weighted by Crippen LogP contribution is 2.34. The highest BCUT2D eigenvalue weighted by molar-refractivity contribution is 6.03. The smallest absolute Gasteiger partial charge is 0.247 e. The number of rotatable bonds is 10. The minimum atomic E-state index is -0.371. The van der Waals surface area contributed by atoms with Crippen molar-refractivity contribution in [3.63, 3.8) is 0 Å². The predicted molar refractivity (Wildman–Crippen MR) is 150 cm³/mol. The second kappa shape index (κ2) is 11.2. The summed E-state index contributed by atoms with van der Waals surface area (Å²) >= 11 is 0. The highest BCUT2D eigenvalue weighted by atomic mass is 19.1. The number of anilines is 4. The van der Waals surface area contributed by atoms with E-state index < -0.39 is 0 Å². The lowest BCUT2D eigenvalue weighted by atomic mass is 10.1. The lowest BCUT2D eigenvalue weighted by Crippen LogP contribution is -2.29. The van der Waals surface area contributed by atoms with Gasteiger partial charge in [0.2, 0.25) is 5.91 Å². The molecule has 2 heterocycles. The molecule has 4 aromatic rings. The number of hydrogen-bond acceptors (Lipinski definition) is 7. The van der Waals surface area contributed by atoms with Crippen molar-refractivity contribution in [3.8, 4) is 11.3 Å². The van der Waals surface area contributed by atoms with Crippen molar-refractivity contribution in [2.75, 3.05) is 49.8 Å². The molecule has 0 aliphatic rings. The molecule has 9 nitrogen and oxygen atoms in total. The molecule has 0 aliphatic heterocycles. The molecule has 2 N–H and O–H groups in total. The van der Waals surface area contributed by atoms with E-state index >= 15 is 0 Å². The zero-order valence-corrected chi connectivity index (χ0v) is 21.8. The molecule has 0 radical (unpaired) electrons. The average molecular weight is 516 g/mol. The van der Waals surface area contributed by atoms with Crippen LogP contribution in [0.25, 0.3) is 22.2 Å². The largest absolute Gasteiger partial charge is 0.372 e. The molecular formula is C28H30FN7O2. The van der Waals surface area contributed by atoms with Crippen molar-refractivity contribution in [2.45, 2.75) is 0 Å². The molecule has 10 heteroatoms.